The molecule has 4 N–H and O–H groups in total. The Morgan fingerprint density at radius 3 is 2.68 bits per heavy atom. The first-order chi connectivity index (χ1) is 8.95. The maximum absolute atomic E-state index is 13.4. The second kappa shape index (κ2) is 6.84. The number of nitrogens with one attached hydrogen (secondary N) is 1. The monoisotopic (exact) mass is 268 g/mol. The first-order valence-electron chi connectivity index (χ1n) is 6.05. The van der Waals surface area contributed by atoms with Crippen molar-refractivity contribution in [1.82, 2.24) is 0 Å². The smallest absolute Gasteiger partial charge is 0.338 e. The van der Waals surface area contributed by atoms with E-state index in [1.165, 1.54) is 6.07 Å². The van der Waals surface area contributed by atoms with E-state index in [-0.39, 0.29) is 5.69 Å². The summed E-state index contributed by atoms with van der Waals surface area (Å²) in [5, 5.41) is 11.1. The van der Waals surface area contributed by atoms with E-state index in [0.29, 0.717) is 6.42 Å². The van der Waals surface area contributed by atoms with Gasteiger partial charge in [-0.25, -0.2) is 9.18 Å². The minimum atomic E-state index is -1.35. The van der Waals surface area contributed by atoms with Crippen LogP contribution >= 0.6 is 0 Å². The van der Waals surface area contributed by atoms with Gasteiger partial charge >= 0.3 is 5.97 Å². The molecular formula is C13H17FN2O3. The SMILES string of the molecule is CCCCC(N)C(=O)Nc1ccc(C(=O)O)c(F)c1. The lowest BCUT2D eigenvalue weighted by Crippen LogP contribution is -2.35. The molecule has 0 bridgehead atoms. The number of halogens is 1. The third-order valence-corrected chi connectivity index (χ3v) is 2.67. The molecule has 1 unspecified atom stereocenters. The van der Waals surface area contributed by atoms with Gasteiger partial charge in [-0.1, -0.05) is 19.8 Å². The van der Waals surface area contributed by atoms with Crippen LogP contribution in [0.1, 0.15) is 36.5 Å². The first kappa shape index (κ1) is 15.1. The number of carboxylic acids is 1. The predicted octanol–water partition coefficient (Wildman–Crippen LogP) is 1.98. The van der Waals surface area contributed by atoms with Gasteiger partial charge in [-0.05, 0) is 24.6 Å². The Kier molecular flexibility index (Phi) is 5.44. The Balaban J connectivity index is 2.70. The Labute approximate surface area is 110 Å². The van der Waals surface area contributed by atoms with Gasteiger partial charge in [-0.2, -0.15) is 0 Å². The Morgan fingerprint density at radius 2 is 2.16 bits per heavy atom. The molecule has 1 rings (SSSR count). The number of amides is 1. The van der Waals surface area contributed by atoms with Gasteiger partial charge in [0.25, 0.3) is 0 Å². The van der Waals surface area contributed by atoms with Gasteiger partial charge in [0, 0.05) is 5.69 Å². The van der Waals surface area contributed by atoms with Crippen LogP contribution in [-0.4, -0.2) is 23.0 Å². The van der Waals surface area contributed by atoms with Gasteiger partial charge < -0.3 is 16.2 Å². The van der Waals surface area contributed by atoms with Crippen molar-refractivity contribution in [3.63, 3.8) is 0 Å². The largest absolute Gasteiger partial charge is 0.478 e. The van der Waals surface area contributed by atoms with Crippen molar-refractivity contribution in [2.45, 2.75) is 32.2 Å². The topological polar surface area (TPSA) is 92.4 Å². The standard InChI is InChI=1S/C13H17FN2O3/c1-2-3-4-11(15)12(17)16-8-5-6-9(13(18)19)10(14)7-8/h5-7,11H,2-4,15H2,1H3,(H,16,17)(H,18,19). The molecule has 0 radical (unpaired) electrons. The van der Waals surface area contributed by atoms with Gasteiger partial charge in [0.2, 0.25) is 5.91 Å². The van der Waals surface area contributed by atoms with E-state index < -0.39 is 29.3 Å². The quantitative estimate of drug-likeness (QED) is 0.735. The van der Waals surface area contributed by atoms with Crippen LogP contribution < -0.4 is 11.1 Å². The van der Waals surface area contributed by atoms with Gasteiger partial charge in [-0.15, -0.1) is 0 Å². The van der Waals surface area contributed by atoms with E-state index >= 15 is 0 Å². The highest BCUT2D eigenvalue weighted by Gasteiger charge is 2.15. The molecule has 5 nitrogen and oxygen atoms in total. The summed E-state index contributed by atoms with van der Waals surface area (Å²) in [6, 6.07) is 2.75. The first-order valence-corrected chi connectivity index (χ1v) is 6.05. The molecule has 0 aliphatic rings. The highest BCUT2D eigenvalue weighted by molar-refractivity contribution is 5.95. The lowest BCUT2D eigenvalue weighted by Gasteiger charge is -2.12. The fourth-order valence-electron chi connectivity index (χ4n) is 1.56. The summed E-state index contributed by atoms with van der Waals surface area (Å²) >= 11 is 0. The molecule has 0 heterocycles. The molecule has 104 valence electrons. The lowest BCUT2D eigenvalue weighted by molar-refractivity contribution is -0.117. The number of unbranched alkanes of at least 4 members (excludes halogenated alkanes) is 1. The number of hydrogen-bond donors (Lipinski definition) is 3. The Morgan fingerprint density at radius 1 is 1.47 bits per heavy atom. The molecule has 6 heteroatoms. The lowest BCUT2D eigenvalue weighted by atomic mass is 10.1. The van der Waals surface area contributed by atoms with Crippen LogP contribution in [0.2, 0.25) is 0 Å². The number of carboxylic acid groups (broad SMARTS) is 1. The molecule has 0 aliphatic carbocycles. The Bertz CT molecular complexity index is 477. The molecule has 0 fully saturated rings. The Hall–Kier alpha value is -1.95. The molecule has 0 aliphatic heterocycles. The van der Waals surface area contributed by atoms with Gasteiger partial charge in [0.05, 0.1) is 11.6 Å². The number of rotatable bonds is 6. The second-order valence-corrected chi connectivity index (χ2v) is 4.24. The molecule has 0 spiro atoms. The normalized spacial score (nSPS) is 11.9. The van der Waals surface area contributed by atoms with Crippen LogP contribution in [0.5, 0.6) is 0 Å². The van der Waals surface area contributed by atoms with Crippen LogP contribution in [0.3, 0.4) is 0 Å². The van der Waals surface area contributed by atoms with Crippen LogP contribution in [-0.2, 0) is 4.79 Å². The zero-order valence-electron chi connectivity index (χ0n) is 10.6. The molecule has 1 aromatic carbocycles. The van der Waals surface area contributed by atoms with Crippen molar-refractivity contribution in [2.24, 2.45) is 5.73 Å². The van der Waals surface area contributed by atoms with Gasteiger partial charge in [-0.3, -0.25) is 4.79 Å². The number of carbonyl (C=O) groups excluding carboxylic acids is 1. The average Bonchev–Trinajstić information content (AvgIpc) is 2.35. The van der Waals surface area contributed by atoms with Crippen molar-refractivity contribution >= 4 is 17.6 Å². The summed E-state index contributed by atoms with van der Waals surface area (Å²) in [5.41, 5.74) is 5.42. The molecule has 0 saturated carbocycles. The summed E-state index contributed by atoms with van der Waals surface area (Å²) in [4.78, 5) is 22.3. The van der Waals surface area contributed by atoms with Crippen LogP contribution in [0.15, 0.2) is 18.2 Å². The van der Waals surface area contributed by atoms with Crippen LogP contribution in [0, 0.1) is 5.82 Å². The number of benzene rings is 1. The summed E-state index contributed by atoms with van der Waals surface area (Å²) in [5.74, 6) is -2.65. The van der Waals surface area contributed by atoms with E-state index in [2.05, 4.69) is 5.32 Å². The van der Waals surface area contributed by atoms with Crippen LogP contribution in [0.25, 0.3) is 0 Å². The third kappa shape index (κ3) is 4.33. The maximum Gasteiger partial charge on any atom is 0.338 e. The van der Waals surface area contributed by atoms with Gasteiger partial charge in [0.1, 0.15) is 5.82 Å². The predicted molar refractivity (Wildman–Crippen MR) is 69.5 cm³/mol. The highest BCUT2D eigenvalue weighted by atomic mass is 19.1. The van der Waals surface area contributed by atoms with E-state index in [9.17, 15) is 14.0 Å². The summed E-state index contributed by atoms with van der Waals surface area (Å²) in [6.45, 7) is 1.99. The van der Waals surface area contributed by atoms with Gasteiger partial charge in [0.15, 0.2) is 0 Å². The van der Waals surface area contributed by atoms with Crippen LogP contribution in [0.4, 0.5) is 10.1 Å². The molecule has 1 atom stereocenters. The van der Waals surface area contributed by atoms with Crippen molar-refractivity contribution in [3.8, 4) is 0 Å². The molecule has 1 aromatic rings. The fraction of sp³-hybridized carbons (Fsp3) is 0.385. The van der Waals surface area contributed by atoms with E-state index in [0.717, 1.165) is 25.0 Å². The highest BCUT2D eigenvalue weighted by Crippen LogP contribution is 2.15. The van der Waals surface area contributed by atoms with Crippen molar-refractivity contribution < 1.29 is 19.1 Å². The molecule has 1 amide bonds. The van der Waals surface area contributed by atoms with Crippen molar-refractivity contribution in [1.29, 1.82) is 0 Å². The number of hydrogen-bond acceptors (Lipinski definition) is 3. The molecular weight excluding hydrogens is 251 g/mol. The summed E-state index contributed by atoms with van der Waals surface area (Å²) in [7, 11) is 0. The number of aromatic carboxylic acids is 1. The zero-order chi connectivity index (χ0) is 14.4. The number of anilines is 1. The second-order valence-electron chi connectivity index (χ2n) is 4.24. The van der Waals surface area contributed by atoms with Crippen molar-refractivity contribution in [3.05, 3.63) is 29.6 Å². The fourth-order valence-corrected chi connectivity index (χ4v) is 1.56. The van der Waals surface area contributed by atoms with E-state index in [1.807, 2.05) is 6.92 Å². The van der Waals surface area contributed by atoms with E-state index in [4.69, 9.17) is 10.8 Å². The van der Waals surface area contributed by atoms with Crippen molar-refractivity contribution in [2.75, 3.05) is 5.32 Å². The number of nitrogens with two attached hydrogens (primary N) is 1. The molecule has 19 heavy (non-hydrogen) atoms. The number of carbonyl (C=O) groups is 2. The zero-order valence-corrected chi connectivity index (χ0v) is 10.6. The summed E-state index contributed by atoms with van der Waals surface area (Å²) in [6.07, 6.45) is 2.32. The third-order valence-electron chi connectivity index (χ3n) is 2.67. The summed E-state index contributed by atoms with van der Waals surface area (Å²) < 4.78 is 13.4. The minimum Gasteiger partial charge on any atom is -0.478 e. The average molecular weight is 268 g/mol. The minimum absolute atomic E-state index is 0.194. The molecule has 0 aromatic heterocycles. The maximum atomic E-state index is 13.4. The molecule has 0 saturated heterocycles. The van der Waals surface area contributed by atoms with E-state index in [1.54, 1.807) is 0 Å².